The topological polar surface area (TPSA) is 213 Å². The Balaban J connectivity index is 0.763. The van der Waals surface area contributed by atoms with E-state index in [1.54, 1.807) is 76.6 Å². The van der Waals surface area contributed by atoms with Gasteiger partial charge in [0.25, 0.3) is 11.8 Å². The molecule has 2 aromatic carbocycles. The number of nitrogens with two attached hydrogens (primary N) is 1. The van der Waals surface area contributed by atoms with Gasteiger partial charge in [-0.2, -0.15) is 0 Å². The van der Waals surface area contributed by atoms with Crippen LogP contribution in [0.4, 0.5) is 11.6 Å². The number of aromatic nitrogens is 4. The van der Waals surface area contributed by atoms with Crippen LogP contribution in [0.5, 0.6) is 0 Å². The van der Waals surface area contributed by atoms with Crippen LogP contribution in [0.1, 0.15) is 63.8 Å². The molecule has 0 aliphatic carbocycles. The van der Waals surface area contributed by atoms with Gasteiger partial charge in [0.15, 0.2) is 0 Å². The molecule has 3 aliphatic rings. The minimum Gasteiger partial charge on any atom is -0.382 e. The molecule has 0 saturated carbocycles. The number of imide groups is 1. The summed E-state index contributed by atoms with van der Waals surface area (Å²) in [6.45, 7) is 2.55. The molecule has 4 N–H and O–H groups in total. The van der Waals surface area contributed by atoms with Crippen LogP contribution in [-0.4, -0.2) is 117 Å². The van der Waals surface area contributed by atoms with Gasteiger partial charge in [-0.05, 0) is 61.2 Å². The van der Waals surface area contributed by atoms with Crippen LogP contribution >= 0.6 is 11.8 Å². The number of thioether (sulfide) groups is 1. The number of fused-ring (bicyclic) bond motifs is 2. The Morgan fingerprint density at radius 2 is 1.69 bits per heavy atom. The molecular formula is C43H45N9O8S. The van der Waals surface area contributed by atoms with E-state index in [0.29, 0.717) is 91.5 Å². The number of amides is 5. The maximum atomic E-state index is 13.4. The van der Waals surface area contributed by atoms with Crippen molar-refractivity contribution >= 4 is 58.5 Å². The summed E-state index contributed by atoms with van der Waals surface area (Å²) in [6, 6.07) is 17.0. The van der Waals surface area contributed by atoms with Gasteiger partial charge in [0.1, 0.15) is 41.3 Å². The number of ether oxygens (including phenoxy) is 3. The fourth-order valence-electron chi connectivity index (χ4n) is 7.85. The van der Waals surface area contributed by atoms with Gasteiger partial charge >= 0.3 is 0 Å². The molecule has 5 amide bonds. The van der Waals surface area contributed by atoms with Crippen LogP contribution in [0.15, 0.2) is 84.1 Å². The van der Waals surface area contributed by atoms with Crippen molar-refractivity contribution in [3.05, 3.63) is 102 Å². The molecule has 3 aromatic heterocycles. The number of rotatable bonds is 17. The lowest BCUT2D eigenvalue weighted by Crippen LogP contribution is -2.52. The third kappa shape index (κ3) is 9.26. The van der Waals surface area contributed by atoms with E-state index < -0.39 is 11.9 Å². The standard InChI is InChI=1S/C43H45N9O8S/c44-39-38-37(27-9-11-28(12-10-27)41(55)47-34-8-1-2-15-45-34)49-40(51(38)18-16-46-39)31-6-4-17-50(31)36(54)26-60-22-21-58-19-20-59-23-24-61-33-7-3-5-29-30(33)25-52(43(29)57)32-13-14-35(53)48-42(32)56/h1-3,5,7-12,15-16,18,31-32H,4,6,13-14,17,19-26H2,(H2,44,46)(H,45,47,55)(H,48,53,56)/t31-,32?/m0/s1. The van der Waals surface area contributed by atoms with E-state index in [-0.39, 0.29) is 49.3 Å². The molecule has 6 heterocycles. The van der Waals surface area contributed by atoms with Gasteiger partial charge in [0.2, 0.25) is 17.7 Å². The first-order chi connectivity index (χ1) is 29.8. The summed E-state index contributed by atoms with van der Waals surface area (Å²) >= 11 is 1.58. The van der Waals surface area contributed by atoms with Crippen molar-refractivity contribution in [1.29, 1.82) is 0 Å². The smallest absolute Gasteiger partial charge is 0.256 e. The van der Waals surface area contributed by atoms with Gasteiger partial charge in [-0.1, -0.05) is 24.3 Å². The number of hydrogen-bond acceptors (Lipinski definition) is 13. The number of carbonyl (C=O) groups is 5. The van der Waals surface area contributed by atoms with E-state index in [0.717, 1.165) is 28.9 Å². The van der Waals surface area contributed by atoms with E-state index in [9.17, 15) is 24.0 Å². The summed E-state index contributed by atoms with van der Waals surface area (Å²) in [6.07, 6.45) is 7.07. The van der Waals surface area contributed by atoms with Gasteiger partial charge < -0.3 is 35.1 Å². The Morgan fingerprint density at radius 1 is 0.885 bits per heavy atom. The largest absolute Gasteiger partial charge is 0.382 e. The number of hydrogen-bond donors (Lipinski definition) is 3. The fourth-order valence-corrected chi connectivity index (χ4v) is 8.79. The van der Waals surface area contributed by atoms with Crippen molar-refractivity contribution in [2.75, 3.05) is 63.0 Å². The number of imidazole rings is 1. The Morgan fingerprint density at radius 3 is 2.48 bits per heavy atom. The molecular weight excluding hydrogens is 803 g/mol. The van der Waals surface area contributed by atoms with Crippen molar-refractivity contribution < 1.29 is 38.2 Å². The highest BCUT2D eigenvalue weighted by atomic mass is 32.2. The van der Waals surface area contributed by atoms with Crippen LogP contribution < -0.4 is 16.4 Å². The molecule has 316 valence electrons. The molecule has 8 rings (SSSR count). The number of nitrogen functional groups attached to an aromatic ring is 1. The van der Waals surface area contributed by atoms with Gasteiger partial charge in [0, 0.05) is 65.4 Å². The number of nitrogens with one attached hydrogen (secondary N) is 2. The summed E-state index contributed by atoms with van der Waals surface area (Å²) in [7, 11) is 0. The maximum absolute atomic E-state index is 13.4. The lowest BCUT2D eigenvalue weighted by Gasteiger charge is -2.29. The Hall–Kier alpha value is -6.21. The third-order valence-electron chi connectivity index (χ3n) is 10.8. The van der Waals surface area contributed by atoms with E-state index in [2.05, 4.69) is 20.6 Å². The Labute approximate surface area is 355 Å². The number of nitrogens with zero attached hydrogens (tertiary/aromatic N) is 6. The van der Waals surface area contributed by atoms with Crippen molar-refractivity contribution in [3.63, 3.8) is 0 Å². The summed E-state index contributed by atoms with van der Waals surface area (Å²) < 4.78 is 19.0. The number of carbonyl (C=O) groups excluding carboxylic acids is 5. The van der Waals surface area contributed by atoms with E-state index in [4.69, 9.17) is 24.9 Å². The monoisotopic (exact) mass is 847 g/mol. The zero-order chi connectivity index (χ0) is 42.3. The molecule has 2 atom stereocenters. The van der Waals surface area contributed by atoms with E-state index in [1.165, 1.54) is 0 Å². The average Bonchev–Trinajstić information content (AvgIpc) is 4.00. The van der Waals surface area contributed by atoms with Gasteiger partial charge in [-0.3, -0.25) is 33.7 Å². The normalized spacial score (nSPS) is 17.5. The summed E-state index contributed by atoms with van der Waals surface area (Å²) in [5, 5.41) is 5.13. The fraction of sp³-hybridized carbons (Fsp3) is 0.349. The second kappa shape index (κ2) is 19.0. The first-order valence-corrected chi connectivity index (χ1v) is 21.1. The maximum Gasteiger partial charge on any atom is 0.256 e. The zero-order valence-corrected chi connectivity index (χ0v) is 34.1. The number of anilines is 2. The molecule has 17 nitrogen and oxygen atoms in total. The third-order valence-corrected chi connectivity index (χ3v) is 11.9. The second-order valence-corrected chi connectivity index (χ2v) is 15.8. The Bertz CT molecular complexity index is 2430. The molecule has 3 aliphatic heterocycles. The minimum absolute atomic E-state index is 0.102. The quantitative estimate of drug-likeness (QED) is 0.0690. The van der Waals surface area contributed by atoms with Gasteiger partial charge in [-0.15, -0.1) is 11.8 Å². The van der Waals surface area contributed by atoms with Gasteiger partial charge in [-0.25, -0.2) is 15.0 Å². The zero-order valence-electron chi connectivity index (χ0n) is 33.3. The highest BCUT2D eigenvalue weighted by molar-refractivity contribution is 7.99. The van der Waals surface area contributed by atoms with Crippen LogP contribution in [-0.2, 0) is 35.1 Å². The van der Waals surface area contributed by atoms with Crippen LogP contribution in [0, 0.1) is 0 Å². The summed E-state index contributed by atoms with van der Waals surface area (Å²) in [4.78, 5) is 81.2. The molecule has 2 fully saturated rings. The highest BCUT2D eigenvalue weighted by Crippen LogP contribution is 2.37. The van der Waals surface area contributed by atoms with Crippen molar-refractivity contribution in [2.45, 2.75) is 49.2 Å². The van der Waals surface area contributed by atoms with Crippen LogP contribution in [0.25, 0.3) is 16.8 Å². The first kappa shape index (κ1) is 41.5. The van der Waals surface area contributed by atoms with Crippen molar-refractivity contribution in [2.24, 2.45) is 0 Å². The second-order valence-electron chi connectivity index (χ2n) is 14.6. The van der Waals surface area contributed by atoms with Crippen LogP contribution in [0.2, 0.25) is 0 Å². The summed E-state index contributed by atoms with van der Waals surface area (Å²) in [5.41, 5.74) is 10.3. The number of benzene rings is 2. The highest BCUT2D eigenvalue weighted by Gasteiger charge is 2.40. The number of pyridine rings is 1. The SMILES string of the molecule is Nc1nccn2c([C@@H]3CCCN3C(=O)COCCOCCOCCSc3cccc4c3CN(C3CCC(=O)NC3=O)C4=O)nc(-c3ccc(C(=O)Nc4ccccn4)cc3)c12. The van der Waals surface area contributed by atoms with Gasteiger partial charge in [0.05, 0.1) is 39.1 Å². The molecule has 0 radical (unpaired) electrons. The first-order valence-electron chi connectivity index (χ1n) is 20.1. The van der Waals surface area contributed by atoms with E-state index >= 15 is 0 Å². The average molecular weight is 848 g/mol. The predicted molar refractivity (Wildman–Crippen MR) is 224 cm³/mol. The predicted octanol–water partition coefficient (Wildman–Crippen LogP) is 3.89. The lowest BCUT2D eigenvalue weighted by molar-refractivity contribution is -0.138. The number of piperidine rings is 1. The number of likely N-dealkylation sites (tertiary alicyclic amines) is 1. The van der Waals surface area contributed by atoms with Crippen molar-refractivity contribution in [1.82, 2.24) is 34.5 Å². The molecule has 5 aromatic rings. The van der Waals surface area contributed by atoms with Crippen molar-refractivity contribution in [3.8, 4) is 11.3 Å². The van der Waals surface area contributed by atoms with E-state index in [1.807, 2.05) is 28.7 Å². The summed E-state index contributed by atoms with van der Waals surface area (Å²) in [5.74, 6) is 0.717. The minimum atomic E-state index is -0.649. The molecule has 1 unspecified atom stereocenters. The molecule has 0 spiro atoms. The molecule has 2 saturated heterocycles. The molecule has 61 heavy (non-hydrogen) atoms. The molecule has 18 heteroatoms. The Kier molecular flexibility index (Phi) is 12.9. The lowest BCUT2D eigenvalue weighted by atomic mass is 10.0. The van der Waals surface area contributed by atoms with Crippen LogP contribution in [0.3, 0.4) is 0 Å². The molecule has 0 bridgehead atoms.